The second-order valence-corrected chi connectivity index (χ2v) is 10.4. The molecule has 1 saturated carbocycles. The van der Waals surface area contributed by atoms with E-state index in [1.54, 1.807) is 0 Å². The molecule has 0 amide bonds. The van der Waals surface area contributed by atoms with Crippen molar-refractivity contribution in [2.45, 2.75) is 110 Å². The van der Waals surface area contributed by atoms with E-state index in [9.17, 15) is 9.59 Å². The van der Waals surface area contributed by atoms with Gasteiger partial charge in [-0.1, -0.05) is 95.9 Å². The third-order valence-corrected chi connectivity index (χ3v) is 7.46. The first kappa shape index (κ1) is 27.2. The smallest absolute Gasteiger partial charge is 0.159 e. The number of rotatable bonds is 15. The van der Waals surface area contributed by atoms with Crippen LogP contribution in [0.5, 0.6) is 0 Å². The zero-order chi connectivity index (χ0) is 24.9. The number of aromatic nitrogens is 2. The van der Waals surface area contributed by atoms with Gasteiger partial charge in [-0.15, -0.1) is 0 Å². The number of benzene rings is 1. The molecule has 4 nitrogen and oxygen atoms in total. The number of ketones is 2. The number of carbonyl (C=O) groups is 2. The fraction of sp³-hybridized carbons (Fsp3) is 0.613. The Kier molecular flexibility index (Phi) is 11.6. The predicted octanol–water partition coefficient (Wildman–Crippen LogP) is 7.72. The second-order valence-electron chi connectivity index (χ2n) is 10.4. The van der Waals surface area contributed by atoms with Gasteiger partial charge in [-0.05, 0) is 42.7 Å². The van der Waals surface area contributed by atoms with Gasteiger partial charge in [0.2, 0.25) is 0 Å². The van der Waals surface area contributed by atoms with Gasteiger partial charge in [0.1, 0.15) is 11.6 Å². The summed E-state index contributed by atoms with van der Waals surface area (Å²) >= 11 is 0. The fourth-order valence-electron chi connectivity index (χ4n) is 5.20. The van der Waals surface area contributed by atoms with E-state index in [-0.39, 0.29) is 11.6 Å². The van der Waals surface area contributed by atoms with Crippen molar-refractivity contribution in [3.63, 3.8) is 0 Å². The first-order chi connectivity index (χ1) is 17.1. The number of aryl methyl sites for hydroxylation is 1. The number of Topliss-reactive ketones (excluding diaryl/α,β-unsaturated/α-hetero) is 2. The van der Waals surface area contributed by atoms with Crippen LogP contribution in [0.25, 0.3) is 11.4 Å². The molecular formula is C31H44N2O2. The maximum Gasteiger partial charge on any atom is 0.159 e. The van der Waals surface area contributed by atoms with Crippen LogP contribution in [0.15, 0.2) is 36.7 Å². The molecule has 3 rings (SSSR count). The van der Waals surface area contributed by atoms with Crippen molar-refractivity contribution < 1.29 is 9.59 Å². The maximum absolute atomic E-state index is 12.9. The normalized spacial score (nSPS) is 18.1. The third kappa shape index (κ3) is 8.98. The minimum Gasteiger partial charge on any atom is -0.299 e. The van der Waals surface area contributed by atoms with E-state index in [2.05, 4.69) is 23.8 Å². The van der Waals surface area contributed by atoms with E-state index in [4.69, 9.17) is 0 Å². The summed E-state index contributed by atoms with van der Waals surface area (Å²) in [5.41, 5.74) is 3.09. The standard InChI is InChI=1S/C31H44N2O2/c1-3-5-7-9-11-12-24-16-19-28(29(34)20-24)30(35)21-25-14-17-27(18-15-25)31-32-22-26(23-33-31)13-10-8-6-4-2/h14-15,17-18,22-24,28H,3-13,16,19-21H2,1-2H3. The molecule has 35 heavy (non-hydrogen) atoms. The van der Waals surface area contributed by atoms with Crippen LogP contribution < -0.4 is 0 Å². The van der Waals surface area contributed by atoms with Crippen molar-refractivity contribution in [2.24, 2.45) is 11.8 Å². The van der Waals surface area contributed by atoms with E-state index in [0.29, 0.717) is 24.6 Å². The average molecular weight is 477 g/mol. The first-order valence-electron chi connectivity index (χ1n) is 14.1. The van der Waals surface area contributed by atoms with Crippen molar-refractivity contribution in [2.75, 3.05) is 0 Å². The molecule has 0 aliphatic heterocycles. The number of hydrogen-bond donors (Lipinski definition) is 0. The van der Waals surface area contributed by atoms with Crippen LogP contribution in [0.3, 0.4) is 0 Å². The molecule has 1 aliphatic carbocycles. The molecule has 2 aromatic rings. The summed E-state index contributed by atoms with van der Waals surface area (Å²) in [6.45, 7) is 4.45. The Labute approximate surface area is 212 Å². The Morgan fingerprint density at radius 2 is 1.49 bits per heavy atom. The van der Waals surface area contributed by atoms with Crippen LogP contribution in [0.1, 0.15) is 108 Å². The van der Waals surface area contributed by atoms with Crippen LogP contribution in [0.4, 0.5) is 0 Å². The summed E-state index contributed by atoms with van der Waals surface area (Å²) < 4.78 is 0. The quantitative estimate of drug-likeness (QED) is 0.195. The van der Waals surface area contributed by atoms with Crippen LogP contribution in [-0.4, -0.2) is 21.5 Å². The van der Waals surface area contributed by atoms with Crippen molar-refractivity contribution in [1.82, 2.24) is 9.97 Å². The maximum atomic E-state index is 12.9. The van der Waals surface area contributed by atoms with Crippen molar-refractivity contribution in [3.8, 4) is 11.4 Å². The molecule has 1 aliphatic rings. The summed E-state index contributed by atoms with van der Waals surface area (Å²) in [4.78, 5) is 34.7. The van der Waals surface area contributed by atoms with Crippen LogP contribution >= 0.6 is 0 Å². The van der Waals surface area contributed by atoms with Gasteiger partial charge < -0.3 is 0 Å². The summed E-state index contributed by atoms with van der Waals surface area (Å²) in [5, 5.41) is 0. The van der Waals surface area contributed by atoms with E-state index < -0.39 is 5.92 Å². The molecule has 1 heterocycles. The molecule has 2 atom stereocenters. The highest BCUT2D eigenvalue weighted by Gasteiger charge is 2.32. The largest absolute Gasteiger partial charge is 0.299 e. The molecule has 0 bridgehead atoms. The highest BCUT2D eigenvalue weighted by molar-refractivity contribution is 6.03. The minimum absolute atomic E-state index is 0.0767. The van der Waals surface area contributed by atoms with Gasteiger partial charge in [0, 0.05) is 30.8 Å². The Bertz CT molecular complexity index is 905. The molecule has 0 spiro atoms. The number of nitrogens with zero attached hydrogens (tertiary/aromatic N) is 2. The van der Waals surface area contributed by atoms with Crippen molar-refractivity contribution in [1.29, 1.82) is 0 Å². The summed E-state index contributed by atoms with van der Waals surface area (Å²) in [6.07, 6.45) is 20.0. The molecule has 190 valence electrons. The van der Waals surface area contributed by atoms with Crippen molar-refractivity contribution in [3.05, 3.63) is 47.8 Å². The van der Waals surface area contributed by atoms with Gasteiger partial charge in [-0.3, -0.25) is 9.59 Å². The predicted molar refractivity (Wildman–Crippen MR) is 143 cm³/mol. The Morgan fingerprint density at radius 1 is 0.829 bits per heavy atom. The van der Waals surface area contributed by atoms with E-state index in [1.807, 2.05) is 36.7 Å². The van der Waals surface area contributed by atoms with Gasteiger partial charge >= 0.3 is 0 Å². The highest BCUT2D eigenvalue weighted by Crippen LogP contribution is 2.31. The first-order valence-corrected chi connectivity index (χ1v) is 14.1. The molecule has 1 aromatic carbocycles. The molecule has 0 N–H and O–H groups in total. The Balaban J connectivity index is 1.44. The average Bonchev–Trinajstić information content (AvgIpc) is 2.87. The van der Waals surface area contributed by atoms with Gasteiger partial charge in [0.05, 0.1) is 5.92 Å². The molecule has 1 aromatic heterocycles. The topological polar surface area (TPSA) is 59.9 Å². The van der Waals surface area contributed by atoms with E-state index in [1.165, 1.54) is 63.4 Å². The summed E-state index contributed by atoms with van der Waals surface area (Å²) in [5.74, 6) is 1.03. The van der Waals surface area contributed by atoms with Gasteiger partial charge in [-0.2, -0.15) is 0 Å². The Hall–Kier alpha value is -2.36. The van der Waals surface area contributed by atoms with Gasteiger partial charge in [-0.25, -0.2) is 9.97 Å². The Morgan fingerprint density at radius 3 is 2.14 bits per heavy atom. The number of unbranched alkanes of at least 4 members (excludes halogenated alkanes) is 7. The summed E-state index contributed by atoms with van der Waals surface area (Å²) in [6, 6.07) is 7.91. The molecule has 0 radical (unpaired) electrons. The molecule has 1 fully saturated rings. The molecule has 2 unspecified atom stereocenters. The SMILES string of the molecule is CCCCCCCC1CCC(C(=O)Cc2ccc(-c3ncc(CCCCCC)cn3)cc2)C(=O)C1. The summed E-state index contributed by atoms with van der Waals surface area (Å²) in [7, 11) is 0. The van der Waals surface area contributed by atoms with Gasteiger partial charge in [0.25, 0.3) is 0 Å². The lowest BCUT2D eigenvalue weighted by molar-refractivity contribution is -0.135. The number of hydrogen-bond acceptors (Lipinski definition) is 4. The van der Waals surface area contributed by atoms with E-state index in [0.717, 1.165) is 36.8 Å². The lowest BCUT2D eigenvalue weighted by Crippen LogP contribution is -2.32. The number of carbonyl (C=O) groups excluding carboxylic acids is 2. The van der Waals surface area contributed by atoms with Crippen LogP contribution in [0.2, 0.25) is 0 Å². The molecule has 4 heteroatoms. The van der Waals surface area contributed by atoms with Crippen LogP contribution in [-0.2, 0) is 22.4 Å². The molecular weight excluding hydrogens is 432 g/mol. The van der Waals surface area contributed by atoms with Crippen LogP contribution in [0, 0.1) is 11.8 Å². The lowest BCUT2D eigenvalue weighted by Gasteiger charge is -2.26. The zero-order valence-electron chi connectivity index (χ0n) is 21.9. The van der Waals surface area contributed by atoms with Crippen molar-refractivity contribution >= 4 is 11.6 Å². The zero-order valence-corrected chi connectivity index (χ0v) is 21.9. The molecule has 0 saturated heterocycles. The van der Waals surface area contributed by atoms with E-state index >= 15 is 0 Å². The highest BCUT2D eigenvalue weighted by atomic mass is 16.1. The monoisotopic (exact) mass is 476 g/mol. The third-order valence-electron chi connectivity index (χ3n) is 7.46. The van der Waals surface area contributed by atoms with Gasteiger partial charge in [0.15, 0.2) is 5.82 Å². The lowest BCUT2D eigenvalue weighted by atomic mass is 9.76. The second kappa shape index (κ2) is 14.9. The fourth-order valence-corrected chi connectivity index (χ4v) is 5.20. The minimum atomic E-state index is -0.403.